The molecule has 0 amide bonds. The minimum Gasteiger partial charge on any atom is -0.357 e. The second kappa shape index (κ2) is 6.55. The normalized spacial score (nSPS) is 12.4. The third-order valence-electron chi connectivity index (χ3n) is 2.74. The van der Waals surface area contributed by atoms with Gasteiger partial charge in [0.05, 0.1) is 15.5 Å². The van der Waals surface area contributed by atoms with E-state index in [4.69, 9.17) is 4.98 Å². The van der Waals surface area contributed by atoms with Gasteiger partial charge in [0.1, 0.15) is 5.01 Å². The van der Waals surface area contributed by atoms with E-state index < -0.39 is 0 Å². The van der Waals surface area contributed by atoms with Crippen LogP contribution < -0.4 is 5.32 Å². The van der Waals surface area contributed by atoms with Crippen molar-refractivity contribution in [3.05, 3.63) is 41.9 Å². The third-order valence-corrected chi connectivity index (χ3v) is 6.18. The Bertz CT molecular complexity index is 716. The van der Waals surface area contributed by atoms with Gasteiger partial charge >= 0.3 is 0 Å². The van der Waals surface area contributed by atoms with Crippen LogP contribution in [0.5, 0.6) is 0 Å². The number of rotatable bonds is 6. The van der Waals surface area contributed by atoms with Crippen LogP contribution in [0.1, 0.15) is 17.2 Å². The molecule has 0 fully saturated rings. The number of para-hydroxylation sites is 1. The molecule has 7 heteroatoms. The fourth-order valence-corrected chi connectivity index (χ4v) is 4.83. The van der Waals surface area contributed by atoms with Crippen LogP contribution >= 0.6 is 34.4 Å². The minimum atomic E-state index is 0.266. The summed E-state index contributed by atoms with van der Waals surface area (Å²) in [7, 11) is 0. The van der Waals surface area contributed by atoms with Crippen molar-refractivity contribution in [1.29, 1.82) is 0 Å². The van der Waals surface area contributed by atoms with Crippen molar-refractivity contribution in [3.63, 3.8) is 0 Å². The highest BCUT2D eigenvalue weighted by atomic mass is 32.2. The molecule has 2 aromatic heterocycles. The first-order chi connectivity index (χ1) is 10.3. The number of hydrogen-bond acceptors (Lipinski definition) is 7. The highest BCUT2D eigenvalue weighted by Gasteiger charge is 2.15. The van der Waals surface area contributed by atoms with Gasteiger partial charge in [-0.25, -0.2) is 4.98 Å². The molecule has 0 bridgehead atoms. The van der Waals surface area contributed by atoms with Crippen molar-refractivity contribution in [2.75, 3.05) is 11.9 Å². The molecule has 2 heterocycles. The summed E-state index contributed by atoms with van der Waals surface area (Å²) in [6.07, 6.45) is 1.80. The first-order valence-electron chi connectivity index (χ1n) is 6.46. The maximum Gasteiger partial charge on any atom is 0.206 e. The fraction of sp³-hybridized carbons (Fsp3) is 0.214. The molecule has 21 heavy (non-hydrogen) atoms. The van der Waals surface area contributed by atoms with Crippen LogP contribution in [-0.2, 0) is 0 Å². The van der Waals surface area contributed by atoms with Gasteiger partial charge in [0.2, 0.25) is 5.13 Å². The van der Waals surface area contributed by atoms with Gasteiger partial charge in [0.15, 0.2) is 4.34 Å². The molecule has 3 rings (SSSR count). The zero-order chi connectivity index (χ0) is 14.7. The Labute approximate surface area is 135 Å². The average molecular weight is 334 g/mol. The first kappa shape index (κ1) is 14.5. The summed E-state index contributed by atoms with van der Waals surface area (Å²) in [4.78, 5) is 4.69. The second-order valence-corrected chi connectivity index (χ2v) is 7.95. The van der Waals surface area contributed by atoms with Crippen LogP contribution in [0.25, 0.3) is 10.2 Å². The molecule has 4 nitrogen and oxygen atoms in total. The minimum absolute atomic E-state index is 0.266. The lowest BCUT2D eigenvalue weighted by Crippen LogP contribution is -1.96. The largest absolute Gasteiger partial charge is 0.357 e. The second-order valence-electron chi connectivity index (χ2n) is 4.32. The number of nitrogens with zero attached hydrogens (tertiary/aromatic N) is 3. The number of thiazole rings is 1. The number of benzene rings is 1. The maximum absolute atomic E-state index is 4.69. The number of nitrogens with one attached hydrogen (secondary N) is 1. The highest BCUT2D eigenvalue weighted by molar-refractivity contribution is 8.01. The van der Waals surface area contributed by atoms with Gasteiger partial charge in [0, 0.05) is 6.54 Å². The number of hydrogen-bond donors (Lipinski definition) is 1. The van der Waals surface area contributed by atoms with E-state index in [0.29, 0.717) is 6.54 Å². The number of anilines is 1. The van der Waals surface area contributed by atoms with Gasteiger partial charge in [-0.2, -0.15) is 0 Å². The molecule has 0 spiro atoms. The van der Waals surface area contributed by atoms with Crippen LogP contribution in [0, 0.1) is 0 Å². The van der Waals surface area contributed by atoms with Crippen LogP contribution in [0.3, 0.4) is 0 Å². The monoisotopic (exact) mass is 334 g/mol. The number of fused-ring (bicyclic) bond motifs is 1. The number of thioether (sulfide) groups is 1. The summed E-state index contributed by atoms with van der Waals surface area (Å²) < 4.78 is 2.18. The van der Waals surface area contributed by atoms with Crippen molar-refractivity contribution < 1.29 is 0 Å². The maximum atomic E-state index is 4.69. The van der Waals surface area contributed by atoms with Crippen molar-refractivity contribution in [1.82, 2.24) is 15.2 Å². The Morgan fingerprint density at radius 1 is 1.33 bits per heavy atom. The van der Waals surface area contributed by atoms with Gasteiger partial charge in [0.25, 0.3) is 0 Å². The molecule has 0 unspecified atom stereocenters. The van der Waals surface area contributed by atoms with Gasteiger partial charge < -0.3 is 5.32 Å². The Hall–Kier alpha value is -1.44. The molecular weight excluding hydrogens is 320 g/mol. The van der Waals surface area contributed by atoms with Gasteiger partial charge in [-0.15, -0.1) is 28.1 Å². The van der Waals surface area contributed by atoms with E-state index in [1.807, 2.05) is 12.1 Å². The average Bonchev–Trinajstić information content (AvgIpc) is 3.11. The quantitative estimate of drug-likeness (QED) is 0.527. The third kappa shape index (κ3) is 3.42. The highest BCUT2D eigenvalue weighted by Crippen LogP contribution is 2.39. The molecule has 1 aromatic carbocycles. The van der Waals surface area contributed by atoms with E-state index in [0.717, 1.165) is 20.0 Å². The molecular formula is C14H14N4S3. The Morgan fingerprint density at radius 3 is 3.00 bits per heavy atom. The predicted octanol–water partition coefficient (Wildman–Crippen LogP) is 4.60. The smallest absolute Gasteiger partial charge is 0.206 e. The van der Waals surface area contributed by atoms with E-state index in [-0.39, 0.29) is 5.25 Å². The van der Waals surface area contributed by atoms with E-state index in [1.54, 1.807) is 40.5 Å². The molecule has 0 saturated carbocycles. The molecule has 0 aliphatic carbocycles. The molecule has 0 aliphatic rings. The van der Waals surface area contributed by atoms with E-state index in [9.17, 15) is 0 Å². The molecule has 0 aliphatic heterocycles. The zero-order valence-electron chi connectivity index (χ0n) is 11.4. The Morgan fingerprint density at radius 2 is 2.19 bits per heavy atom. The Balaban J connectivity index is 1.71. The van der Waals surface area contributed by atoms with E-state index >= 15 is 0 Å². The van der Waals surface area contributed by atoms with Crippen LogP contribution in [0.4, 0.5) is 5.13 Å². The lowest BCUT2D eigenvalue weighted by molar-refractivity contribution is 0.994. The van der Waals surface area contributed by atoms with E-state index in [1.165, 1.54) is 4.70 Å². The Kier molecular flexibility index (Phi) is 4.52. The molecule has 1 atom stereocenters. The molecule has 3 aromatic rings. The van der Waals surface area contributed by atoms with Crippen LogP contribution in [0.15, 0.2) is 41.3 Å². The predicted molar refractivity (Wildman–Crippen MR) is 92.5 cm³/mol. The SMILES string of the molecule is C=CCNc1nnc(S[C@H](C)c2nc3ccccc3s2)s1. The van der Waals surface area contributed by atoms with Crippen molar-refractivity contribution in [2.45, 2.75) is 16.5 Å². The van der Waals surface area contributed by atoms with Crippen molar-refractivity contribution in [3.8, 4) is 0 Å². The molecule has 0 radical (unpaired) electrons. The first-order valence-corrected chi connectivity index (χ1v) is 8.98. The number of aromatic nitrogens is 3. The summed E-state index contributed by atoms with van der Waals surface area (Å²) in [5.74, 6) is 0. The topological polar surface area (TPSA) is 50.7 Å². The van der Waals surface area contributed by atoms with E-state index in [2.05, 4.69) is 41.1 Å². The summed E-state index contributed by atoms with van der Waals surface area (Å²) >= 11 is 5.00. The summed E-state index contributed by atoms with van der Waals surface area (Å²) in [5, 5.41) is 13.7. The molecule has 1 N–H and O–H groups in total. The fourth-order valence-electron chi connectivity index (χ4n) is 1.75. The zero-order valence-corrected chi connectivity index (χ0v) is 13.9. The lowest BCUT2D eigenvalue weighted by Gasteiger charge is -2.03. The van der Waals surface area contributed by atoms with Gasteiger partial charge in [-0.3, -0.25) is 0 Å². The standard InChI is InChI=1S/C14H14N4S3/c1-3-8-15-13-17-18-14(21-13)19-9(2)12-16-10-6-4-5-7-11(10)20-12/h3-7,9H,1,8H2,2H3,(H,15,17)/t9-/m1/s1. The summed E-state index contributed by atoms with van der Waals surface area (Å²) in [5.41, 5.74) is 1.07. The summed E-state index contributed by atoms with van der Waals surface area (Å²) in [6.45, 7) is 6.53. The lowest BCUT2D eigenvalue weighted by atomic mass is 10.3. The van der Waals surface area contributed by atoms with Crippen molar-refractivity contribution in [2.24, 2.45) is 0 Å². The van der Waals surface area contributed by atoms with Gasteiger partial charge in [-0.05, 0) is 19.1 Å². The van der Waals surface area contributed by atoms with Crippen LogP contribution in [0.2, 0.25) is 0 Å². The molecule has 108 valence electrons. The van der Waals surface area contributed by atoms with Crippen molar-refractivity contribution >= 4 is 49.8 Å². The molecule has 0 saturated heterocycles. The summed E-state index contributed by atoms with van der Waals surface area (Å²) in [6, 6.07) is 8.22. The van der Waals surface area contributed by atoms with Crippen LogP contribution in [-0.4, -0.2) is 21.7 Å². The van der Waals surface area contributed by atoms with Gasteiger partial charge in [-0.1, -0.05) is 41.3 Å².